The van der Waals surface area contributed by atoms with Gasteiger partial charge in [-0.3, -0.25) is 0 Å². The summed E-state index contributed by atoms with van der Waals surface area (Å²) in [5.74, 6) is 1.19. The van der Waals surface area contributed by atoms with Crippen LogP contribution < -0.4 is 5.32 Å². The molecule has 0 bridgehead atoms. The Morgan fingerprint density at radius 1 is 1.39 bits per heavy atom. The van der Waals surface area contributed by atoms with Crippen LogP contribution in [0.15, 0.2) is 24.0 Å². The number of aryl methyl sites for hydroxylation is 1. The number of nitrogens with one attached hydrogen (secondary N) is 1. The molecule has 1 aliphatic carbocycles. The molecular formula is C15H25N3. The van der Waals surface area contributed by atoms with Gasteiger partial charge in [0, 0.05) is 18.9 Å². The Labute approximate surface area is 110 Å². The van der Waals surface area contributed by atoms with Crippen LogP contribution >= 0.6 is 0 Å². The van der Waals surface area contributed by atoms with Crippen LogP contribution in [-0.4, -0.2) is 16.1 Å². The molecule has 0 spiro atoms. The zero-order chi connectivity index (χ0) is 12.8. The van der Waals surface area contributed by atoms with E-state index >= 15 is 0 Å². The first-order valence-electron chi connectivity index (χ1n) is 7.27. The Morgan fingerprint density at radius 3 is 2.94 bits per heavy atom. The molecule has 3 heteroatoms. The van der Waals surface area contributed by atoms with Crippen molar-refractivity contribution >= 4 is 0 Å². The number of aromatic nitrogens is 2. The van der Waals surface area contributed by atoms with E-state index in [1.807, 2.05) is 6.20 Å². The van der Waals surface area contributed by atoms with E-state index in [2.05, 4.69) is 41.0 Å². The van der Waals surface area contributed by atoms with E-state index < -0.39 is 0 Å². The SMILES string of the molecule is CCNC(CC1=CCCCC1)c1nccn1CC. The molecule has 2 rings (SSSR count). The van der Waals surface area contributed by atoms with Gasteiger partial charge in [-0.25, -0.2) is 4.98 Å². The van der Waals surface area contributed by atoms with Crippen molar-refractivity contribution in [2.24, 2.45) is 0 Å². The fourth-order valence-corrected chi connectivity index (χ4v) is 2.75. The maximum absolute atomic E-state index is 4.54. The highest BCUT2D eigenvalue weighted by molar-refractivity contribution is 5.11. The second kappa shape index (κ2) is 6.74. The summed E-state index contributed by atoms with van der Waals surface area (Å²) in [4.78, 5) is 4.54. The summed E-state index contributed by atoms with van der Waals surface area (Å²) in [6, 6.07) is 0.370. The standard InChI is InChI=1S/C15H25N3/c1-3-16-14(12-13-8-6-5-7-9-13)15-17-10-11-18(15)4-2/h8,10-11,14,16H,3-7,9,12H2,1-2H3. The Bertz CT molecular complexity index is 392. The minimum absolute atomic E-state index is 0.370. The van der Waals surface area contributed by atoms with Gasteiger partial charge in [-0.1, -0.05) is 18.6 Å². The number of imidazole rings is 1. The fraction of sp³-hybridized carbons (Fsp3) is 0.667. The van der Waals surface area contributed by atoms with Gasteiger partial charge in [0.1, 0.15) is 5.82 Å². The number of allylic oxidation sites excluding steroid dienone is 1. The lowest BCUT2D eigenvalue weighted by Crippen LogP contribution is -2.25. The molecule has 1 aromatic heterocycles. The van der Waals surface area contributed by atoms with E-state index in [9.17, 15) is 0 Å². The molecule has 1 unspecified atom stereocenters. The first-order chi connectivity index (χ1) is 8.85. The average Bonchev–Trinajstić information content (AvgIpc) is 2.87. The number of hydrogen-bond acceptors (Lipinski definition) is 2. The van der Waals surface area contributed by atoms with E-state index in [0.29, 0.717) is 6.04 Å². The van der Waals surface area contributed by atoms with Crippen molar-refractivity contribution in [2.75, 3.05) is 6.54 Å². The highest BCUT2D eigenvalue weighted by Gasteiger charge is 2.18. The predicted molar refractivity (Wildman–Crippen MR) is 75.5 cm³/mol. The molecule has 0 aromatic carbocycles. The molecule has 3 nitrogen and oxygen atoms in total. The molecule has 0 saturated heterocycles. The second-order valence-electron chi connectivity index (χ2n) is 4.99. The molecular weight excluding hydrogens is 222 g/mol. The normalized spacial score (nSPS) is 17.6. The van der Waals surface area contributed by atoms with E-state index in [0.717, 1.165) is 19.5 Å². The minimum Gasteiger partial charge on any atom is -0.334 e. The molecule has 0 saturated carbocycles. The van der Waals surface area contributed by atoms with Crippen molar-refractivity contribution in [3.05, 3.63) is 29.9 Å². The van der Waals surface area contributed by atoms with Crippen molar-refractivity contribution in [1.29, 1.82) is 0 Å². The zero-order valence-electron chi connectivity index (χ0n) is 11.7. The second-order valence-corrected chi connectivity index (χ2v) is 4.99. The van der Waals surface area contributed by atoms with Crippen LogP contribution in [0.2, 0.25) is 0 Å². The summed E-state index contributed by atoms with van der Waals surface area (Å²) in [7, 11) is 0. The lowest BCUT2D eigenvalue weighted by Gasteiger charge is -2.22. The quantitative estimate of drug-likeness (QED) is 0.780. The van der Waals surface area contributed by atoms with Crippen LogP contribution in [0.25, 0.3) is 0 Å². The monoisotopic (exact) mass is 247 g/mol. The van der Waals surface area contributed by atoms with Gasteiger partial charge in [0.25, 0.3) is 0 Å². The Kier molecular flexibility index (Phi) is 5.00. The van der Waals surface area contributed by atoms with Gasteiger partial charge in [0.15, 0.2) is 0 Å². The largest absolute Gasteiger partial charge is 0.334 e. The van der Waals surface area contributed by atoms with Crippen molar-refractivity contribution in [3.8, 4) is 0 Å². The van der Waals surface area contributed by atoms with Crippen LogP contribution in [0, 0.1) is 0 Å². The molecule has 0 amide bonds. The lowest BCUT2D eigenvalue weighted by atomic mass is 9.94. The molecule has 1 N–H and O–H groups in total. The van der Waals surface area contributed by atoms with E-state index in [1.165, 1.54) is 31.5 Å². The van der Waals surface area contributed by atoms with Crippen molar-refractivity contribution in [2.45, 2.75) is 58.5 Å². The highest BCUT2D eigenvalue weighted by atomic mass is 15.1. The van der Waals surface area contributed by atoms with Gasteiger partial charge in [-0.15, -0.1) is 0 Å². The third-order valence-corrected chi connectivity index (χ3v) is 3.70. The van der Waals surface area contributed by atoms with Crippen LogP contribution in [0.4, 0.5) is 0 Å². The van der Waals surface area contributed by atoms with Gasteiger partial charge in [0.05, 0.1) is 6.04 Å². The van der Waals surface area contributed by atoms with Gasteiger partial charge in [-0.05, 0) is 45.6 Å². The van der Waals surface area contributed by atoms with Crippen LogP contribution in [0.3, 0.4) is 0 Å². The lowest BCUT2D eigenvalue weighted by molar-refractivity contribution is 0.482. The molecule has 1 aromatic rings. The molecule has 18 heavy (non-hydrogen) atoms. The number of rotatable bonds is 6. The van der Waals surface area contributed by atoms with Crippen LogP contribution in [0.1, 0.15) is 57.8 Å². The Balaban J connectivity index is 2.10. The summed E-state index contributed by atoms with van der Waals surface area (Å²) in [5.41, 5.74) is 1.61. The van der Waals surface area contributed by atoms with E-state index in [1.54, 1.807) is 5.57 Å². The highest BCUT2D eigenvalue weighted by Crippen LogP contribution is 2.27. The average molecular weight is 247 g/mol. The van der Waals surface area contributed by atoms with E-state index in [4.69, 9.17) is 0 Å². The third kappa shape index (κ3) is 3.22. The van der Waals surface area contributed by atoms with Crippen LogP contribution in [0.5, 0.6) is 0 Å². The summed E-state index contributed by atoms with van der Waals surface area (Å²) < 4.78 is 2.25. The number of hydrogen-bond donors (Lipinski definition) is 1. The summed E-state index contributed by atoms with van der Waals surface area (Å²) in [6.45, 7) is 6.33. The molecule has 0 radical (unpaired) electrons. The summed E-state index contributed by atoms with van der Waals surface area (Å²) in [6.07, 6.45) is 12.8. The van der Waals surface area contributed by atoms with Gasteiger partial charge >= 0.3 is 0 Å². The van der Waals surface area contributed by atoms with Crippen molar-refractivity contribution < 1.29 is 0 Å². The first-order valence-corrected chi connectivity index (χ1v) is 7.27. The fourth-order valence-electron chi connectivity index (χ4n) is 2.75. The maximum Gasteiger partial charge on any atom is 0.126 e. The maximum atomic E-state index is 4.54. The summed E-state index contributed by atoms with van der Waals surface area (Å²) in [5, 5.41) is 3.58. The van der Waals surface area contributed by atoms with Gasteiger partial charge in [-0.2, -0.15) is 0 Å². The predicted octanol–water partition coefficient (Wildman–Crippen LogP) is 3.44. The molecule has 0 fully saturated rings. The van der Waals surface area contributed by atoms with Gasteiger partial charge < -0.3 is 9.88 Å². The molecule has 1 atom stereocenters. The van der Waals surface area contributed by atoms with Crippen LogP contribution in [-0.2, 0) is 6.54 Å². The molecule has 1 heterocycles. The smallest absolute Gasteiger partial charge is 0.126 e. The topological polar surface area (TPSA) is 29.9 Å². The third-order valence-electron chi connectivity index (χ3n) is 3.70. The first kappa shape index (κ1) is 13.3. The Hall–Kier alpha value is -1.09. The zero-order valence-corrected chi connectivity index (χ0v) is 11.7. The van der Waals surface area contributed by atoms with Crippen molar-refractivity contribution in [3.63, 3.8) is 0 Å². The van der Waals surface area contributed by atoms with E-state index in [-0.39, 0.29) is 0 Å². The van der Waals surface area contributed by atoms with Crippen molar-refractivity contribution in [1.82, 2.24) is 14.9 Å². The summed E-state index contributed by atoms with van der Waals surface area (Å²) >= 11 is 0. The van der Waals surface area contributed by atoms with Gasteiger partial charge in [0.2, 0.25) is 0 Å². The Morgan fingerprint density at radius 2 is 2.28 bits per heavy atom. The molecule has 0 aliphatic heterocycles. The molecule has 100 valence electrons. The number of nitrogens with zero attached hydrogens (tertiary/aromatic N) is 2. The molecule has 1 aliphatic rings. The minimum atomic E-state index is 0.370.